The zero-order valence-corrected chi connectivity index (χ0v) is 19.8. The van der Waals surface area contributed by atoms with Crippen molar-refractivity contribution < 1.29 is 23.0 Å². The van der Waals surface area contributed by atoms with Gasteiger partial charge in [-0.15, -0.1) is 0 Å². The number of alkyl halides is 2. The molecule has 0 spiro atoms. The van der Waals surface area contributed by atoms with Crippen molar-refractivity contribution in [3.8, 4) is 11.5 Å². The number of methoxy groups -OCH3 is 1. The molecule has 1 N–H and O–H groups in total. The zero-order chi connectivity index (χ0) is 24.1. The first kappa shape index (κ1) is 24.4. The van der Waals surface area contributed by atoms with Gasteiger partial charge < -0.3 is 19.7 Å². The number of ether oxygens (including phenoxy) is 2. The number of nitrogens with one attached hydrogen (secondary N) is 1. The summed E-state index contributed by atoms with van der Waals surface area (Å²) in [7, 11) is 1.37. The maximum Gasteiger partial charge on any atom is 0.387 e. The third-order valence-corrected chi connectivity index (χ3v) is 5.82. The van der Waals surface area contributed by atoms with Gasteiger partial charge in [-0.25, -0.2) is 0 Å². The van der Waals surface area contributed by atoms with E-state index in [2.05, 4.69) is 10.1 Å². The molecule has 1 amide bonds. The SMILES string of the molecule is CCN(CC)C(=O)C1=C(C)N(c2ccccc2)C(=S)N[C@@H]1c1ccc(OC(F)F)c(OC)c1. The van der Waals surface area contributed by atoms with Gasteiger partial charge in [-0.3, -0.25) is 9.69 Å². The summed E-state index contributed by atoms with van der Waals surface area (Å²) >= 11 is 5.67. The second-order valence-electron chi connectivity index (χ2n) is 7.32. The molecule has 1 heterocycles. The summed E-state index contributed by atoms with van der Waals surface area (Å²) in [6, 6.07) is 13.5. The number of rotatable bonds is 8. The Morgan fingerprint density at radius 2 is 1.82 bits per heavy atom. The molecular formula is C24H27F2N3O3S. The van der Waals surface area contributed by atoms with Gasteiger partial charge in [0.25, 0.3) is 5.91 Å². The van der Waals surface area contributed by atoms with Crippen LogP contribution in [-0.4, -0.2) is 42.7 Å². The van der Waals surface area contributed by atoms with Gasteiger partial charge >= 0.3 is 6.61 Å². The number of anilines is 1. The number of halogens is 2. The lowest BCUT2D eigenvalue weighted by atomic mass is 9.93. The average Bonchev–Trinajstić information content (AvgIpc) is 2.80. The minimum absolute atomic E-state index is 0.0853. The molecule has 1 atom stereocenters. The van der Waals surface area contributed by atoms with Crippen LogP contribution >= 0.6 is 12.2 Å². The summed E-state index contributed by atoms with van der Waals surface area (Å²) in [6.45, 7) is 3.79. The largest absolute Gasteiger partial charge is 0.493 e. The molecule has 0 saturated heterocycles. The van der Waals surface area contributed by atoms with Crippen molar-refractivity contribution in [1.82, 2.24) is 10.2 Å². The van der Waals surface area contributed by atoms with Crippen molar-refractivity contribution in [3.05, 3.63) is 65.4 Å². The van der Waals surface area contributed by atoms with E-state index in [1.807, 2.05) is 56.0 Å². The van der Waals surface area contributed by atoms with E-state index in [4.69, 9.17) is 17.0 Å². The van der Waals surface area contributed by atoms with Crippen LogP contribution in [0.25, 0.3) is 0 Å². The number of carbonyl (C=O) groups is 1. The fourth-order valence-electron chi connectivity index (χ4n) is 3.90. The van der Waals surface area contributed by atoms with E-state index in [9.17, 15) is 13.6 Å². The standard InChI is InChI=1S/C24H27F2N3O3S/c1-5-28(6-2)22(30)20-15(3)29(17-10-8-7-9-11-17)24(33)27-21(20)16-12-13-18(32-23(25)26)19(14-16)31-4/h7-14,21,23H,5-6H2,1-4H3,(H,27,33)/t21-/m1/s1. The third kappa shape index (κ3) is 5.08. The maximum absolute atomic E-state index is 13.6. The van der Waals surface area contributed by atoms with Gasteiger partial charge in [0.2, 0.25) is 0 Å². The monoisotopic (exact) mass is 475 g/mol. The number of hydrogen-bond acceptors (Lipinski definition) is 4. The van der Waals surface area contributed by atoms with E-state index in [0.717, 1.165) is 5.69 Å². The van der Waals surface area contributed by atoms with Crippen LogP contribution in [0.3, 0.4) is 0 Å². The predicted octanol–water partition coefficient (Wildman–Crippen LogP) is 4.87. The second kappa shape index (κ2) is 10.6. The van der Waals surface area contributed by atoms with Crippen molar-refractivity contribution in [2.75, 3.05) is 25.1 Å². The number of para-hydroxylation sites is 1. The molecule has 0 aromatic heterocycles. The molecule has 0 unspecified atom stereocenters. The Labute approximate surface area is 197 Å². The normalized spacial score (nSPS) is 16.0. The first-order valence-electron chi connectivity index (χ1n) is 10.6. The summed E-state index contributed by atoms with van der Waals surface area (Å²) in [6.07, 6.45) is 0. The highest BCUT2D eigenvalue weighted by molar-refractivity contribution is 7.80. The highest BCUT2D eigenvalue weighted by Crippen LogP contribution is 2.38. The molecule has 0 bridgehead atoms. The second-order valence-corrected chi connectivity index (χ2v) is 7.71. The number of benzene rings is 2. The lowest BCUT2D eigenvalue weighted by Gasteiger charge is -2.39. The van der Waals surface area contributed by atoms with E-state index in [-0.39, 0.29) is 17.4 Å². The Morgan fingerprint density at radius 1 is 1.15 bits per heavy atom. The number of thiocarbonyl (C=S) groups is 1. The van der Waals surface area contributed by atoms with Gasteiger partial charge in [-0.05, 0) is 62.8 Å². The molecular weight excluding hydrogens is 448 g/mol. The van der Waals surface area contributed by atoms with Crippen LogP contribution in [0.2, 0.25) is 0 Å². The van der Waals surface area contributed by atoms with Crippen molar-refractivity contribution in [1.29, 1.82) is 0 Å². The lowest BCUT2D eigenvalue weighted by molar-refractivity contribution is -0.127. The predicted molar refractivity (Wildman–Crippen MR) is 128 cm³/mol. The minimum atomic E-state index is -2.98. The molecule has 0 aliphatic carbocycles. The van der Waals surface area contributed by atoms with Crippen molar-refractivity contribution in [2.24, 2.45) is 0 Å². The Morgan fingerprint density at radius 3 is 2.39 bits per heavy atom. The number of carbonyl (C=O) groups excluding carboxylic acids is 1. The van der Waals surface area contributed by atoms with Crippen LogP contribution < -0.4 is 19.7 Å². The quantitative estimate of drug-likeness (QED) is 0.550. The summed E-state index contributed by atoms with van der Waals surface area (Å²) in [5, 5.41) is 3.69. The summed E-state index contributed by atoms with van der Waals surface area (Å²) in [4.78, 5) is 17.2. The molecule has 0 saturated carbocycles. The third-order valence-electron chi connectivity index (χ3n) is 5.52. The average molecular weight is 476 g/mol. The molecule has 2 aromatic rings. The molecule has 1 aliphatic rings. The minimum Gasteiger partial charge on any atom is -0.493 e. The van der Waals surface area contributed by atoms with Gasteiger partial charge in [-0.1, -0.05) is 24.3 Å². The highest BCUT2D eigenvalue weighted by Gasteiger charge is 2.36. The van der Waals surface area contributed by atoms with Gasteiger partial charge in [0.05, 0.1) is 18.7 Å². The van der Waals surface area contributed by atoms with E-state index in [1.165, 1.54) is 13.2 Å². The lowest BCUT2D eigenvalue weighted by Crippen LogP contribution is -2.50. The van der Waals surface area contributed by atoms with Crippen molar-refractivity contribution >= 4 is 28.9 Å². The van der Waals surface area contributed by atoms with Gasteiger partial charge in [0.1, 0.15) is 0 Å². The number of amides is 1. The number of allylic oxidation sites excluding steroid dienone is 1. The van der Waals surface area contributed by atoms with Crippen LogP contribution in [0, 0.1) is 0 Å². The smallest absolute Gasteiger partial charge is 0.387 e. The van der Waals surface area contributed by atoms with Gasteiger partial charge in [0.15, 0.2) is 16.6 Å². The van der Waals surface area contributed by atoms with Gasteiger partial charge in [-0.2, -0.15) is 8.78 Å². The topological polar surface area (TPSA) is 54.0 Å². The number of nitrogens with zero attached hydrogens (tertiary/aromatic N) is 2. The Bertz CT molecular complexity index is 1040. The summed E-state index contributed by atoms with van der Waals surface area (Å²) in [5.41, 5.74) is 2.67. The van der Waals surface area contributed by atoms with Crippen LogP contribution in [0.1, 0.15) is 32.4 Å². The number of hydrogen-bond donors (Lipinski definition) is 1. The van der Waals surface area contributed by atoms with Crippen LogP contribution in [0.5, 0.6) is 11.5 Å². The van der Waals surface area contributed by atoms with Crippen LogP contribution in [0.4, 0.5) is 14.5 Å². The molecule has 176 valence electrons. The molecule has 33 heavy (non-hydrogen) atoms. The maximum atomic E-state index is 13.6. The van der Waals surface area contributed by atoms with E-state index < -0.39 is 12.7 Å². The molecule has 9 heteroatoms. The molecule has 1 aliphatic heterocycles. The zero-order valence-electron chi connectivity index (χ0n) is 19.0. The van der Waals surface area contributed by atoms with E-state index in [0.29, 0.717) is 35.0 Å². The molecule has 6 nitrogen and oxygen atoms in total. The van der Waals surface area contributed by atoms with Crippen LogP contribution in [0.15, 0.2) is 59.8 Å². The van der Waals surface area contributed by atoms with Gasteiger partial charge in [0, 0.05) is 24.5 Å². The first-order valence-corrected chi connectivity index (χ1v) is 11.0. The molecule has 0 fully saturated rings. The number of likely N-dealkylation sites (N-methyl/N-ethyl adjacent to an activating group) is 1. The van der Waals surface area contributed by atoms with E-state index in [1.54, 1.807) is 17.0 Å². The molecule has 3 rings (SSSR count). The van der Waals surface area contributed by atoms with Crippen molar-refractivity contribution in [2.45, 2.75) is 33.4 Å². The van der Waals surface area contributed by atoms with Crippen LogP contribution in [-0.2, 0) is 4.79 Å². The Balaban J connectivity index is 2.15. The Hall–Kier alpha value is -3.20. The summed E-state index contributed by atoms with van der Waals surface area (Å²) < 4.78 is 35.3. The van der Waals surface area contributed by atoms with E-state index >= 15 is 0 Å². The Kier molecular flexibility index (Phi) is 7.86. The molecule has 0 radical (unpaired) electrons. The molecule has 2 aromatic carbocycles. The summed E-state index contributed by atoms with van der Waals surface area (Å²) in [5.74, 6) is -0.0820. The van der Waals surface area contributed by atoms with Crippen molar-refractivity contribution in [3.63, 3.8) is 0 Å². The first-order chi connectivity index (χ1) is 15.8. The fourth-order valence-corrected chi connectivity index (χ4v) is 4.26. The fraction of sp³-hybridized carbons (Fsp3) is 0.333. The highest BCUT2D eigenvalue weighted by atomic mass is 32.1.